The number of hydrogen-bond donors (Lipinski definition) is 1. The van der Waals surface area contributed by atoms with Crippen LogP contribution in [0.4, 0.5) is 18.9 Å². The summed E-state index contributed by atoms with van der Waals surface area (Å²) in [5, 5.41) is 11.7. The molecule has 20 heavy (non-hydrogen) atoms. The Bertz CT molecular complexity index is 470. The Hall–Kier alpha value is -1.78. The molecule has 1 aromatic rings. The monoisotopic (exact) mass is 288 g/mol. The van der Waals surface area contributed by atoms with Crippen LogP contribution in [0.15, 0.2) is 18.2 Å². The second-order valence-corrected chi connectivity index (χ2v) is 3.90. The summed E-state index contributed by atoms with van der Waals surface area (Å²) in [6, 6.07) is 4.76. The van der Waals surface area contributed by atoms with Gasteiger partial charge in [0.2, 0.25) is 0 Å². The lowest BCUT2D eigenvalue weighted by molar-refractivity contribution is -0.137. The molecule has 0 saturated heterocycles. The average Bonchev–Trinajstić information content (AvgIpc) is 2.41. The highest BCUT2D eigenvalue weighted by Crippen LogP contribution is 2.31. The van der Waals surface area contributed by atoms with Crippen LogP contribution in [-0.4, -0.2) is 33.5 Å². The van der Waals surface area contributed by atoms with E-state index in [4.69, 9.17) is 14.7 Å². The van der Waals surface area contributed by atoms with Gasteiger partial charge in [0.05, 0.1) is 36.6 Å². The molecule has 0 aliphatic rings. The molecule has 0 amide bonds. The van der Waals surface area contributed by atoms with Crippen LogP contribution in [0, 0.1) is 11.3 Å². The molecule has 4 nitrogen and oxygen atoms in total. The van der Waals surface area contributed by atoms with Gasteiger partial charge in [0, 0.05) is 13.7 Å². The molecular formula is C13H15F3N2O2. The third kappa shape index (κ3) is 5.07. The van der Waals surface area contributed by atoms with Crippen LogP contribution in [-0.2, 0) is 15.7 Å². The normalized spacial score (nSPS) is 11.2. The number of nitrogens with zero attached hydrogens (tertiary/aromatic N) is 1. The lowest BCUT2D eigenvalue weighted by Crippen LogP contribution is -2.13. The van der Waals surface area contributed by atoms with Gasteiger partial charge >= 0.3 is 6.18 Å². The predicted molar refractivity (Wildman–Crippen MR) is 67.3 cm³/mol. The zero-order valence-electron chi connectivity index (χ0n) is 11.0. The maximum atomic E-state index is 12.5. The molecule has 0 heterocycles. The third-order valence-electron chi connectivity index (χ3n) is 2.46. The summed E-state index contributed by atoms with van der Waals surface area (Å²) in [5.74, 6) is 0. The minimum atomic E-state index is -4.45. The maximum absolute atomic E-state index is 12.5. The van der Waals surface area contributed by atoms with Crippen LogP contribution in [0.1, 0.15) is 11.1 Å². The standard InChI is InChI=1S/C13H15F3N2O2/c1-19-6-7-20-5-4-18-12-3-2-11(13(14,15)16)8-10(12)9-17/h2-3,8,18H,4-7H2,1H3. The van der Waals surface area contributed by atoms with Gasteiger partial charge in [0.1, 0.15) is 6.07 Å². The number of ether oxygens (including phenoxy) is 2. The van der Waals surface area contributed by atoms with Gasteiger partial charge in [0.15, 0.2) is 0 Å². The summed E-state index contributed by atoms with van der Waals surface area (Å²) in [5.41, 5.74) is -0.525. The molecule has 0 fully saturated rings. The molecule has 110 valence electrons. The van der Waals surface area contributed by atoms with Gasteiger partial charge in [-0.3, -0.25) is 0 Å². The van der Waals surface area contributed by atoms with Crippen molar-refractivity contribution in [2.45, 2.75) is 6.18 Å². The number of hydrogen-bond acceptors (Lipinski definition) is 4. The number of benzene rings is 1. The first-order chi connectivity index (χ1) is 9.49. The van der Waals surface area contributed by atoms with E-state index >= 15 is 0 Å². The molecule has 1 rings (SSSR count). The molecule has 0 aromatic heterocycles. The summed E-state index contributed by atoms with van der Waals surface area (Å²) in [6.45, 7) is 1.68. The molecule has 0 saturated carbocycles. The van der Waals surface area contributed by atoms with E-state index in [1.165, 1.54) is 6.07 Å². The van der Waals surface area contributed by atoms with Crippen LogP contribution in [0.3, 0.4) is 0 Å². The summed E-state index contributed by atoms with van der Waals surface area (Å²) >= 11 is 0. The molecule has 0 bridgehead atoms. The highest BCUT2D eigenvalue weighted by Gasteiger charge is 2.30. The largest absolute Gasteiger partial charge is 0.416 e. The number of nitriles is 1. The highest BCUT2D eigenvalue weighted by molar-refractivity contribution is 5.58. The van der Waals surface area contributed by atoms with Crippen molar-refractivity contribution in [3.05, 3.63) is 29.3 Å². The van der Waals surface area contributed by atoms with Crippen molar-refractivity contribution in [3.63, 3.8) is 0 Å². The van der Waals surface area contributed by atoms with Gasteiger partial charge in [-0.1, -0.05) is 0 Å². The lowest BCUT2D eigenvalue weighted by Gasteiger charge is -2.11. The van der Waals surface area contributed by atoms with Gasteiger partial charge in [-0.05, 0) is 18.2 Å². The van der Waals surface area contributed by atoms with Crippen LogP contribution in [0.2, 0.25) is 0 Å². The maximum Gasteiger partial charge on any atom is 0.416 e. The topological polar surface area (TPSA) is 54.3 Å². The van der Waals surface area contributed by atoms with Crippen molar-refractivity contribution in [3.8, 4) is 6.07 Å². The van der Waals surface area contributed by atoms with E-state index < -0.39 is 11.7 Å². The lowest BCUT2D eigenvalue weighted by atomic mass is 10.1. The minimum absolute atomic E-state index is 0.0447. The highest BCUT2D eigenvalue weighted by atomic mass is 19.4. The molecule has 1 aromatic carbocycles. The summed E-state index contributed by atoms with van der Waals surface area (Å²) in [7, 11) is 1.56. The Balaban J connectivity index is 2.56. The number of anilines is 1. The van der Waals surface area contributed by atoms with E-state index in [1.54, 1.807) is 13.2 Å². The zero-order valence-corrected chi connectivity index (χ0v) is 11.0. The van der Waals surface area contributed by atoms with Crippen LogP contribution >= 0.6 is 0 Å². The number of alkyl halides is 3. The SMILES string of the molecule is COCCOCCNc1ccc(C(F)(F)F)cc1C#N. The fourth-order valence-electron chi connectivity index (χ4n) is 1.47. The number of nitrogens with one attached hydrogen (secondary N) is 1. The first kappa shape index (κ1) is 16.3. The van der Waals surface area contributed by atoms with Gasteiger partial charge < -0.3 is 14.8 Å². The van der Waals surface area contributed by atoms with Crippen LogP contribution in [0.5, 0.6) is 0 Å². The number of rotatable bonds is 7. The molecule has 0 spiro atoms. The van der Waals surface area contributed by atoms with E-state index in [0.717, 1.165) is 12.1 Å². The zero-order chi connectivity index (χ0) is 15.0. The number of halogens is 3. The number of methoxy groups -OCH3 is 1. The second-order valence-electron chi connectivity index (χ2n) is 3.90. The van der Waals surface area contributed by atoms with Crippen LogP contribution < -0.4 is 5.32 Å². The third-order valence-corrected chi connectivity index (χ3v) is 2.46. The van der Waals surface area contributed by atoms with Crippen molar-refractivity contribution < 1.29 is 22.6 Å². The molecule has 0 aliphatic heterocycles. The smallest absolute Gasteiger partial charge is 0.382 e. The quantitative estimate of drug-likeness (QED) is 0.784. The fraction of sp³-hybridized carbons (Fsp3) is 0.462. The minimum Gasteiger partial charge on any atom is -0.382 e. The van der Waals surface area contributed by atoms with Crippen molar-refractivity contribution in [2.24, 2.45) is 0 Å². The molecule has 0 unspecified atom stereocenters. The second kappa shape index (κ2) is 7.72. The van der Waals surface area contributed by atoms with E-state index in [-0.39, 0.29) is 5.56 Å². The summed E-state index contributed by atoms with van der Waals surface area (Å²) in [6.07, 6.45) is -4.45. The molecule has 0 aliphatic carbocycles. The fourth-order valence-corrected chi connectivity index (χ4v) is 1.47. The van der Waals surface area contributed by atoms with E-state index in [0.29, 0.717) is 32.1 Å². The molecule has 1 N–H and O–H groups in total. The average molecular weight is 288 g/mol. The van der Waals surface area contributed by atoms with E-state index in [9.17, 15) is 13.2 Å². The Morgan fingerprint density at radius 2 is 2.00 bits per heavy atom. The van der Waals surface area contributed by atoms with E-state index in [1.807, 2.05) is 0 Å². The molecule has 0 radical (unpaired) electrons. The summed E-state index contributed by atoms with van der Waals surface area (Å²) in [4.78, 5) is 0. The molecular weight excluding hydrogens is 273 g/mol. The first-order valence-corrected chi connectivity index (χ1v) is 5.91. The first-order valence-electron chi connectivity index (χ1n) is 5.91. The predicted octanol–water partition coefficient (Wildman–Crippen LogP) is 2.65. The van der Waals surface area contributed by atoms with E-state index in [2.05, 4.69) is 5.32 Å². The van der Waals surface area contributed by atoms with Gasteiger partial charge in [-0.25, -0.2) is 0 Å². The Morgan fingerprint density at radius 1 is 1.25 bits per heavy atom. The van der Waals surface area contributed by atoms with Gasteiger partial charge in [-0.2, -0.15) is 18.4 Å². The molecule has 0 atom stereocenters. The Labute approximate surface area is 115 Å². The van der Waals surface area contributed by atoms with Gasteiger partial charge in [0.25, 0.3) is 0 Å². The van der Waals surface area contributed by atoms with Crippen molar-refractivity contribution in [1.82, 2.24) is 0 Å². The Kier molecular flexibility index (Phi) is 6.28. The van der Waals surface area contributed by atoms with Crippen molar-refractivity contribution in [1.29, 1.82) is 5.26 Å². The van der Waals surface area contributed by atoms with Crippen molar-refractivity contribution >= 4 is 5.69 Å². The molecule has 7 heteroatoms. The Morgan fingerprint density at radius 3 is 2.60 bits per heavy atom. The van der Waals surface area contributed by atoms with Crippen LogP contribution in [0.25, 0.3) is 0 Å². The van der Waals surface area contributed by atoms with Gasteiger partial charge in [-0.15, -0.1) is 0 Å². The van der Waals surface area contributed by atoms with Crippen molar-refractivity contribution in [2.75, 3.05) is 38.8 Å². The summed E-state index contributed by atoms with van der Waals surface area (Å²) < 4.78 is 47.5.